The van der Waals surface area contributed by atoms with Gasteiger partial charge in [0.15, 0.2) is 6.10 Å². The number of piperidine rings is 2. The minimum Gasteiger partial charge on any atom is -0.479 e. The van der Waals surface area contributed by atoms with Crippen LogP contribution in [0.4, 0.5) is 5.69 Å². The van der Waals surface area contributed by atoms with Crippen LogP contribution in [0.2, 0.25) is 0 Å². The van der Waals surface area contributed by atoms with E-state index in [9.17, 15) is 18.0 Å². The first-order valence-corrected chi connectivity index (χ1v) is 12.1. The van der Waals surface area contributed by atoms with Crippen LogP contribution in [-0.4, -0.2) is 61.7 Å². The number of hydrogen-bond acceptors (Lipinski definition) is 5. The molecular formula is C21H29N3O5S. The van der Waals surface area contributed by atoms with Crippen LogP contribution in [0.25, 0.3) is 0 Å². The van der Waals surface area contributed by atoms with Gasteiger partial charge in [-0.2, -0.15) is 4.31 Å². The van der Waals surface area contributed by atoms with Gasteiger partial charge in [-0.15, -0.1) is 0 Å². The van der Waals surface area contributed by atoms with Crippen LogP contribution in [0, 0.1) is 12.8 Å². The highest BCUT2D eigenvalue weighted by atomic mass is 32.2. The van der Waals surface area contributed by atoms with E-state index in [0.29, 0.717) is 30.0 Å². The highest BCUT2D eigenvalue weighted by Gasteiger charge is 2.37. The Balaban J connectivity index is 1.56. The molecule has 3 aliphatic heterocycles. The summed E-state index contributed by atoms with van der Waals surface area (Å²) in [7, 11) is -3.78. The van der Waals surface area contributed by atoms with Crippen molar-refractivity contribution in [3.63, 3.8) is 0 Å². The molecule has 0 aliphatic carbocycles. The number of anilines is 1. The monoisotopic (exact) mass is 435 g/mol. The fraction of sp³-hybridized carbons (Fsp3) is 0.619. The maximum absolute atomic E-state index is 13.4. The van der Waals surface area contributed by atoms with Crippen molar-refractivity contribution < 1.29 is 22.7 Å². The van der Waals surface area contributed by atoms with Crippen molar-refractivity contribution in [1.82, 2.24) is 9.21 Å². The lowest BCUT2D eigenvalue weighted by molar-refractivity contribution is -0.137. The molecule has 1 N–H and O–H groups in total. The standard InChI is InChI=1S/C21H29N3O5S/c1-14-11-17-18(29-15(2)20(25)22-17)12-19(14)30(27,28)24-10-6-7-16(13-24)21(26)23-8-4-3-5-9-23/h11-12,15-16H,3-10,13H2,1-2H3,(H,22,25). The van der Waals surface area contributed by atoms with Crippen LogP contribution in [-0.2, 0) is 19.6 Å². The second-order valence-electron chi connectivity index (χ2n) is 8.45. The number of carbonyl (C=O) groups is 2. The first-order chi connectivity index (χ1) is 14.3. The average Bonchev–Trinajstić information content (AvgIpc) is 2.74. The number of amides is 2. The second-order valence-corrected chi connectivity index (χ2v) is 10.4. The zero-order valence-corrected chi connectivity index (χ0v) is 18.3. The van der Waals surface area contributed by atoms with Gasteiger partial charge in [0, 0.05) is 32.2 Å². The molecule has 2 unspecified atom stereocenters. The zero-order chi connectivity index (χ0) is 21.5. The third-order valence-electron chi connectivity index (χ3n) is 6.23. The summed E-state index contributed by atoms with van der Waals surface area (Å²) in [5.74, 6) is -0.117. The normalized spacial score (nSPS) is 25.3. The maximum atomic E-state index is 13.4. The predicted molar refractivity (Wildman–Crippen MR) is 112 cm³/mol. The summed E-state index contributed by atoms with van der Waals surface area (Å²) in [6, 6.07) is 3.12. The summed E-state index contributed by atoms with van der Waals surface area (Å²) in [5.41, 5.74) is 1.02. The Kier molecular flexibility index (Phi) is 5.76. The van der Waals surface area contributed by atoms with Crippen LogP contribution in [0.1, 0.15) is 44.6 Å². The summed E-state index contributed by atoms with van der Waals surface area (Å²) < 4.78 is 33.9. The lowest BCUT2D eigenvalue weighted by atomic mass is 9.97. The van der Waals surface area contributed by atoms with Gasteiger partial charge in [-0.05, 0) is 57.6 Å². The van der Waals surface area contributed by atoms with E-state index in [1.807, 2.05) is 4.90 Å². The van der Waals surface area contributed by atoms with E-state index in [4.69, 9.17) is 4.74 Å². The number of sulfonamides is 1. The number of nitrogens with one attached hydrogen (secondary N) is 1. The third-order valence-corrected chi connectivity index (χ3v) is 8.23. The van der Waals surface area contributed by atoms with Crippen molar-refractivity contribution in [3.8, 4) is 5.75 Å². The SMILES string of the molecule is Cc1cc2c(cc1S(=O)(=O)N1CCCC(C(=O)N3CCCCC3)C1)OC(C)C(=O)N2. The topological polar surface area (TPSA) is 96.0 Å². The number of fused-ring (bicyclic) bond motifs is 1. The van der Waals surface area contributed by atoms with E-state index in [0.717, 1.165) is 38.8 Å². The van der Waals surface area contributed by atoms with Gasteiger partial charge < -0.3 is 15.0 Å². The molecule has 3 heterocycles. The molecule has 30 heavy (non-hydrogen) atoms. The third kappa shape index (κ3) is 3.92. The molecule has 0 spiro atoms. The Morgan fingerprint density at radius 3 is 2.60 bits per heavy atom. The first kappa shape index (κ1) is 21.1. The van der Waals surface area contributed by atoms with E-state index in [2.05, 4.69) is 5.32 Å². The largest absolute Gasteiger partial charge is 0.479 e. The molecule has 0 radical (unpaired) electrons. The lowest BCUT2D eigenvalue weighted by Crippen LogP contribution is -2.48. The molecule has 2 amide bonds. The molecule has 1 aromatic carbocycles. The molecule has 9 heteroatoms. The van der Waals surface area contributed by atoms with Crippen LogP contribution >= 0.6 is 0 Å². The number of aryl methyl sites for hydroxylation is 1. The van der Waals surface area contributed by atoms with Crippen LogP contribution in [0.15, 0.2) is 17.0 Å². The molecule has 3 aliphatic rings. The molecule has 1 aromatic rings. The molecule has 2 saturated heterocycles. The van der Waals surface area contributed by atoms with Gasteiger partial charge in [-0.1, -0.05) is 0 Å². The number of benzene rings is 1. The molecule has 2 fully saturated rings. The van der Waals surface area contributed by atoms with E-state index in [1.165, 1.54) is 10.4 Å². The van der Waals surface area contributed by atoms with Gasteiger partial charge in [-0.25, -0.2) is 8.42 Å². The Bertz CT molecular complexity index is 956. The zero-order valence-electron chi connectivity index (χ0n) is 17.5. The van der Waals surface area contributed by atoms with Crippen molar-refractivity contribution in [2.75, 3.05) is 31.5 Å². The maximum Gasteiger partial charge on any atom is 0.265 e. The van der Waals surface area contributed by atoms with Gasteiger partial charge in [0.1, 0.15) is 5.75 Å². The minimum absolute atomic E-state index is 0.0802. The fourth-order valence-electron chi connectivity index (χ4n) is 4.49. The van der Waals surface area contributed by atoms with Crippen molar-refractivity contribution >= 4 is 27.5 Å². The lowest BCUT2D eigenvalue weighted by Gasteiger charge is -2.36. The number of carbonyl (C=O) groups excluding carboxylic acids is 2. The predicted octanol–water partition coefficient (Wildman–Crippen LogP) is 2.13. The van der Waals surface area contributed by atoms with E-state index < -0.39 is 16.1 Å². The van der Waals surface area contributed by atoms with Crippen molar-refractivity contribution in [3.05, 3.63) is 17.7 Å². The van der Waals surface area contributed by atoms with Gasteiger partial charge >= 0.3 is 0 Å². The van der Waals surface area contributed by atoms with E-state index >= 15 is 0 Å². The molecule has 2 atom stereocenters. The molecule has 4 rings (SSSR count). The minimum atomic E-state index is -3.78. The second kappa shape index (κ2) is 8.19. The van der Waals surface area contributed by atoms with Crippen molar-refractivity contribution in [2.45, 2.75) is 57.0 Å². The van der Waals surface area contributed by atoms with Crippen LogP contribution < -0.4 is 10.1 Å². The highest BCUT2D eigenvalue weighted by Crippen LogP contribution is 2.36. The smallest absolute Gasteiger partial charge is 0.265 e. The molecule has 164 valence electrons. The molecule has 0 bridgehead atoms. The van der Waals surface area contributed by atoms with E-state index in [1.54, 1.807) is 19.9 Å². The number of hydrogen-bond donors (Lipinski definition) is 1. The molecular weight excluding hydrogens is 406 g/mol. The van der Waals surface area contributed by atoms with Crippen molar-refractivity contribution in [2.24, 2.45) is 5.92 Å². The molecule has 0 saturated carbocycles. The van der Waals surface area contributed by atoms with Crippen LogP contribution in [0.5, 0.6) is 5.75 Å². The van der Waals surface area contributed by atoms with Gasteiger partial charge in [0.25, 0.3) is 5.91 Å². The van der Waals surface area contributed by atoms with Gasteiger partial charge in [0.05, 0.1) is 16.5 Å². The number of likely N-dealkylation sites (tertiary alicyclic amines) is 1. The average molecular weight is 436 g/mol. The Hall–Kier alpha value is -2.13. The van der Waals surface area contributed by atoms with Crippen molar-refractivity contribution in [1.29, 1.82) is 0 Å². The fourth-order valence-corrected chi connectivity index (χ4v) is 6.24. The summed E-state index contributed by atoms with van der Waals surface area (Å²) in [6.45, 7) is 5.48. The number of nitrogens with zero attached hydrogens (tertiary/aromatic N) is 2. The Morgan fingerprint density at radius 2 is 1.87 bits per heavy atom. The number of ether oxygens (including phenoxy) is 1. The van der Waals surface area contributed by atoms with Crippen LogP contribution in [0.3, 0.4) is 0 Å². The summed E-state index contributed by atoms with van der Waals surface area (Å²) in [6.07, 6.45) is 3.88. The quantitative estimate of drug-likeness (QED) is 0.785. The highest BCUT2D eigenvalue weighted by molar-refractivity contribution is 7.89. The first-order valence-electron chi connectivity index (χ1n) is 10.7. The van der Waals surface area contributed by atoms with Gasteiger partial charge in [-0.3, -0.25) is 9.59 Å². The summed E-state index contributed by atoms with van der Waals surface area (Å²) in [4.78, 5) is 26.8. The Morgan fingerprint density at radius 1 is 1.13 bits per heavy atom. The Labute approximate surface area is 177 Å². The summed E-state index contributed by atoms with van der Waals surface area (Å²) >= 11 is 0. The summed E-state index contributed by atoms with van der Waals surface area (Å²) in [5, 5.41) is 2.74. The number of rotatable bonds is 3. The van der Waals surface area contributed by atoms with E-state index in [-0.39, 0.29) is 29.2 Å². The molecule has 8 nitrogen and oxygen atoms in total. The molecule has 0 aromatic heterocycles. The van der Waals surface area contributed by atoms with Gasteiger partial charge in [0.2, 0.25) is 15.9 Å².